The average molecular weight is 326 g/mol. The summed E-state index contributed by atoms with van der Waals surface area (Å²) in [6.45, 7) is 3.38. The van der Waals surface area contributed by atoms with Crippen LogP contribution in [-0.4, -0.2) is 19.1 Å². The zero-order chi connectivity index (χ0) is 17.2. The Bertz CT molecular complexity index is 641. The minimum atomic E-state index is 0.0656. The predicted octanol–water partition coefficient (Wildman–Crippen LogP) is 3.35. The molecule has 4 nitrogen and oxygen atoms in total. The first kappa shape index (κ1) is 17.9. The van der Waals surface area contributed by atoms with E-state index in [1.807, 2.05) is 36.4 Å². The lowest BCUT2D eigenvalue weighted by Crippen LogP contribution is -2.25. The number of benzene rings is 2. The first-order chi connectivity index (χ1) is 11.7. The molecule has 0 saturated carbocycles. The SMILES string of the molecule is CCCOc1ccc(CCC(=O)NCCc2ccccc2)cc1N. The maximum Gasteiger partial charge on any atom is 0.220 e. The second kappa shape index (κ2) is 9.60. The molecule has 1 amide bonds. The van der Waals surface area contributed by atoms with Gasteiger partial charge in [0.2, 0.25) is 5.91 Å². The van der Waals surface area contributed by atoms with E-state index in [2.05, 4.69) is 24.4 Å². The van der Waals surface area contributed by atoms with Crippen molar-refractivity contribution in [3.8, 4) is 5.75 Å². The van der Waals surface area contributed by atoms with Crippen LogP contribution in [0.4, 0.5) is 5.69 Å². The van der Waals surface area contributed by atoms with Gasteiger partial charge in [-0.15, -0.1) is 0 Å². The van der Waals surface area contributed by atoms with Crippen LogP contribution in [-0.2, 0) is 17.6 Å². The molecule has 3 N–H and O–H groups in total. The smallest absolute Gasteiger partial charge is 0.220 e. The van der Waals surface area contributed by atoms with Crippen molar-refractivity contribution in [3.63, 3.8) is 0 Å². The fourth-order valence-corrected chi connectivity index (χ4v) is 2.43. The number of carbonyl (C=O) groups excluding carboxylic acids is 1. The molecule has 0 aliphatic carbocycles. The number of nitrogens with two attached hydrogens (primary N) is 1. The van der Waals surface area contributed by atoms with Crippen molar-refractivity contribution in [3.05, 3.63) is 59.7 Å². The fourth-order valence-electron chi connectivity index (χ4n) is 2.43. The van der Waals surface area contributed by atoms with Gasteiger partial charge in [0.1, 0.15) is 5.75 Å². The third kappa shape index (κ3) is 5.95. The molecule has 0 fully saturated rings. The predicted molar refractivity (Wildman–Crippen MR) is 98.1 cm³/mol. The van der Waals surface area contributed by atoms with E-state index in [-0.39, 0.29) is 5.91 Å². The Morgan fingerprint density at radius 3 is 2.58 bits per heavy atom. The summed E-state index contributed by atoms with van der Waals surface area (Å²) in [5.41, 5.74) is 8.90. The van der Waals surface area contributed by atoms with Crippen molar-refractivity contribution in [2.75, 3.05) is 18.9 Å². The van der Waals surface area contributed by atoms with E-state index < -0.39 is 0 Å². The summed E-state index contributed by atoms with van der Waals surface area (Å²) >= 11 is 0. The molecule has 0 saturated heterocycles. The van der Waals surface area contributed by atoms with Gasteiger partial charge in [-0.05, 0) is 42.5 Å². The van der Waals surface area contributed by atoms with Crippen molar-refractivity contribution >= 4 is 11.6 Å². The zero-order valence-electron chi connectivity index (χ0n) is 14.3. The highest BCUT2D eigenvalue weighted by Gasteiger charge is 2.05. The summed E-state index contributed by atoms with van der Waals surface area (Å²) in [7, 11) is 0. The highest BCUT2D eigenvalue weighted by molar-refractivity contribution is 5.76. The van der Waals surface area contributed by atoms with Crippen LogP contribution in [0.2, 0.25) is 0 Å². The van der Waals surface area contributed by atoms with Crippen LogP contribution in [0.15, 0.2) is 48.5 Å². The topological polar surface area (TPSA) is 64.3 Å². The van der Waals surface area contributed by atoms with Gasteiger partial charge in [0.25, 0.3) is 0 Å². The van der Waals surface area contributed by atoms with E-state index in [0.717, 1.165) is 18.4 Å². The molecule has 0 heterocycles. The molecule has 0 bridgehead atoms. The lowest BCUT2D eigenvalue weighted by atomic mass is 10.1. The zero-order valence-corrected chi connectivity index (χ0v) is 14.3. The number of hydrogen-bond acceptors (Lipinski definition) is 3. The Hall–Kier alpha value is -2.49. The van der Waals surface area contributed by atoms with Crippen molar-refractivity contribution in [1.82, 2.24) is 5.32 Å². The maximum absolute atomic E-state index is 11.9. The standard InChI is InChI=1S/C20H26N2O2/c1-2-14-24-19-10-8-17(15-18(19)21)9-11-20(23)22-13-12-16-6-4-3-5-7-16/h3-8,10,15H,2,9,11-14,21H2,1H3,(H,22,23). The number of aryl methyl sites for hydroxylation is 1. The van der Waals surface area contributed by atoms with Crippen LogP contribution >= 0.6 is 0 Å². The highest BCUT2D eigenvalue weighted by Crippen LogP contribution is 2.23. The van der Waals surface area contributed by atoms with Crippen LogP contribution in [0.3, 0.4) is 0 Å². The summed E-state index contributed by atoms with van der Waals surface area (Å²) in [6.07, 6.45) is 2.94. The van der Waals surface area contributed by atoms with E-state index in [1.54, 1.807) is 0 Å². The second-order valence-corrected chi connectivity index (χ2v) is 5.81. The molecule has 2 aromatic carbocycles. The second-order valence-electron chi connectivity index (χ2n) is 5.81. The lowest BCUT2D eigenvalue weighted by molar-refractivity contribution is -0.121. The molecular formula is C20H26N2O2. The molecule has 0 aliphatic rings. The van der Waals surface area contributed by atoms with Crippen LogP contribution in [0.25, 0.3) is 0 Å². The number of ether oxygens (including phenoxy) is 1. The van der Waals surface area contributed by atoms with Crippen molar-refractivity contribution in [2.45, 2.75) is 32.6 Å². The van der Waals surface area contributed by atoms with Crippen LogP contribution < -0.4 is 15.8 Å². The maximum atomic E-state index is 11.9. The molecule has 0 aromatic heterocycles. The largest absolute Gasteiger partial charge is 0.491 e. The Kier molecular flexibility index (Phi) is 7.15. The van der Waals surface area contributed by atoms with E-state index in [0.29, 0.717) is 37.4 Å². The Morgan fingerprint density at radius 1 is 1.08 bits per heavy atom. The molecule has 0 spiro atoms. The van der Waals surface area contributed by atoms with Gasteiger partial charge in [-0.3, -0.25) is 4.79 Å². The summed E-state index contributed by atoms with van der Waals surface area (Å²) < 4.78 is 5.56. The van der Waals surface area contributed by atoms with Gasteiger partial charge in [-0.1, -0.05) is 43.3 Å². The average Bonchev–Trinajstić information content (AvgIpc) is 2.60. The first-order valence-electron chi connectivity index (χ1n) is 8.51. The molecule has 128 valence electrons. The number of carbonyl (C=O) groups is 1. The molecule has 2 rings (SSSR count). The molecule has 0 radical (unpaired) electrons. The molecule has 0 aliphatic heterocycles. The Morgan fingerprint density at radius 2 is 1.88 bits per heavy atom. The molecule has 2 aromatic rings. The van der Waals surface area contributed by atoms with Gasteiger partial charge < -0.3 is 15.8 Å². The van der Waals surface area contributed by atoms with Crippen LogP contribution in [0.5, 0.6) is 5.75 Å². The minimum Gasteiger partial charge on any atom is -0.491 e. The molecule has 4 heteroatoms. The lowest BCUT2D eigenvalue weighted by Gasteiger charge is -2.10. The summed E-state index contributed by atoms with van der Waals surface area (Å²) in [6, 6.07) is 15.9. The summed E-state index contributed by atoms with van der Waals surface area (Å²) in [5, 5.41) is 2.96. The molecule has 24 heavy (non-hydrogen) atoms. The monoisotopic (exact) mass is 326 g/mol. The molecule has 0 unspecified atom stereocenters. The Labute approximate surface area is 144 Å². The Balaban J connectivity index is 1.72. The van der Waals surface area contributed by atoms with Crippen LogP contribution in [0.1, 0.15) is 30.9 Å². The molecule has 0 atom stereocenters. The van der Waals surface area contributed by atoms with Gasteiger partial charge in [-0.25, -0.2) is 0 Å². The van der Waals surface area contributed by atoms with E-state index >= 15 is 0 Å². The van der Waals surface area contributed by atoms with Gasteiger partial charge in [0.05, 0.1) is 12.3 Å². The number of amides is 1. The van der Waals surface area contributed by atoms with Crippen molar-refractivity contribution < 1.29 is 9.53 Å². The third-order valence-electron chi connectivity index (χ3n) is 3.76. The van der Waals surface area contributed by atoms with Gasteiger partial charge in [0, 0.05) is 13.0 Å². The fraction of sp³-hybridized carbons (Fsp3) is 0.350. The third-order valence-corrected chi connectivity index (χ3v) is 3.76. The van der Waals surface area contributed by atoms with E-state index in [9.17, 15) is 4.79 Å². The minimum absolute atomic E-state index is 0.0656. The summed E-state index contributed by atoms with van der Waals surface area (Å²) in [5.74, 6) is 0.781. The number of nitrogen functional groups attached to an aromatic ring is 1. The highest BCUT2D eigenvalue weighted by atomic mass is 16.5. The van der Waals surface area contributed by atoms with E-state index in [1.165, 1.54) is 5.56 Å². The quantitative estimate of drug-likeness (QED) is 0.695. The normalized spacial score (nSPS) is 10.4. The summed E-state index contributed by atoms with van der Waals surface area (Å²) in [4.78, 5) is 11.9. The van der Waals surface area contributed by atoms with Gasteiger partial charge >= 0.3 is 0 Å². The van der Waals surface area contributed by atoms with Gasteiger partial charge in [0.15, 0.2) is 0 Å². The number of hydrogen-bond donors (Lipinski definition) is 2. The van der Waals surface area contributed by atoms with E-state index in [4.69, 9.17) is 10.5 Å². The molecular weight excluding hydrogens is 300 g/mol. The number of nitrogens with one attached hydrogen (secondary N) is 1. The van der Waals surface area contributed by atoms with Crippen LogP contribution in [0, 0.1) is 0 Å². The number of anilines is 1. The van der Waals surface area contributed by atoms with Gasteiger partial charge in [-0.2, -0.15) is 0 Å². The van der Waals surface area contributed by atoms with Crippen molar-refractivity contribution in [2.24, 2.45) is 0 Å². The first-order valence-corrected chi connectivity index (χ1v) is 8.51. The van der Waals surface area contributed by atoms with Crippen molar-refractivity contribution in [1.29, 1.82) is 0 Å². The number of rotatable bonds is 9.